The zero-order valence-electron chi connectivity index (χ0n) is 11.5. The number of nitrogens with zero attached hydrogens (tertiary/aromatic N) is 3. The molecule has 6 nitrogen and oxygen atoms in total. The first-order valence-corrected chi connectivity index (χ1v) is 6.99. The average molecular weight is 273 g/mol. The lowest BCUT2D eigenvalue weighted by molar-refractivity contribution is 0.0926. The highest BCUT2D eigenvalue weighted by Gasteiger charge is 2.20. The van der Waals surface area contributed by atoms with E-state index in [2.05, 4.69) is 15.6 Å². The van der Waals surface area contributed by atoms with Gasteiger partial charge in [-0.1, -0.05) is 5.21 Å². The van der Waals surface area contributed by atoms with Gasteiger partial charge in [0.2, 0.25) is 0 Å². The van der Waals surface area contributed by atoms with Crippen molar-refractivity contribution in [2.24, 2.45) is 12.8 Å². The molecular weight excluding hydrogens is 254 g/mol. The van der Waals surface area contributed by atoms with Crippen LogP contribution < -0.4 is 11.1 Å². The summed E-state index contributed by atoms with van der Waals surface area (Å²) in [6, 6.07) is 6.00. The third kappa shape index (κ3) is 2.51. The third-order valence-electron chi connectivity index (χ3n) is 3.98. The van der Waals surface area contributed by atoms with Crippen molar-refractivity contribution in [3.05, 3.63) is 23.8 Å². The second-order valence-electron chi connectivity index (χ2n) is 5.50. The summed E-state index contributed by atoms with van der Waals surface area (Å²) in [5.74, 6) is -0.0435. The van der Waals surface area contributed by atoms with Crippen LogP contribution in [0.1, 0.15) is 36.0 Å². The topological polar surface area (TPSA) is 85.8 Å². The van der Waals surface area contributed by atoms with Crippen LogP contribution in [0.2, 0.25) is 0 Å². The minimum absolute atomic E-state index is 0.0435. The molecule has 1 aromatic carbocycles. The van der Waals surface area contributed by atoms with Crippen molar-refractivity contribution < 1.29 is 4.79 Å². The van der Waals surface area contributed by atoms with Gasteiger partial charge in [0.05, 0.1) is 5.52 Å². The predicted molar refractivity (Wildman–Crippen MR) is 76.2 cm³/mol. The second kappa shape index (κ2) is 5.20. The van der Waals surface area contributed by atoms with Crippen LogP contribution in [-0.4, -0.2) is 33.0 Å². The van der Waals surface area contributed by atoms with Crippen molar-refractivity contribution in [1.29, 1.82) is 0 Å². The highest BCUT2D eigenvalue weighted by atomic mass is 16.1. The van der Waals surface area contributed by atoms with E-state index in [-0.39, 0.29) is 11.9 Å². The molecule has 1 aliphatic carbocycles. The molecule has 3 rings (SSSR count). The number of carbonyl (C=O) groups is 1. The van der Waals surface area contributed by atoms with Crippen LogP contribution in [0.15, 0.2) is 18.2 Å². The summed E-state index contributed by atoms with van der Waals surface area (Å²) < 4.78 is 1.69. The van der Waals surface area contributed by atoms with Crippen LogP contribution >= 0.6 is 0 Å². The van der Waals surface area contributed by atoms with Crippen molar-refractivity contribution in [3.8, 4) is 0 Å². The van der Waals surface area contributed by atoms with Gasteiger partial charge in [-0.2, -0.15) is 0 Å². The summed E-state index contributed by atoms with van der Waals surface area (Å²) >= 11 is 0. The van der Waals surface area contributed by atoms with Crippen LogP contribution in [0, 0.1) is 0 Å². The average Bonchev–Trinajstić information content (AvgIpc) is 2.82. The third-order valence-corrected chi connectivity index (χ3v) is 3.98. The Labute approximate surface area is 117 Å². The highest BCUT2D eigenvalue weighted by molar-refractivity contribution is 5.97. The number of nitrogens with one attached hydrogen (secondary N) is 1. The molecule has 6 heteroatoms. The Morgan fingerprint density at radius 3 is 2.85 bits per heavy atom. The molecule has 20 heavy (non-hydrogen) atoms. The number of aromatic nitrogens is 3. The van der Waals surface area contributed by atoms with Gasteiger partial charge in [-0.05, 0) is 43.9 Å². The molecule has 1 fully saturated rings. The normalized spacial score (nSPS) is 22.9. The maximum atomic E-state index is 12.2. The van der Waals surface area contributed by atoms with E-state index in [9.17, 15) is 4.79 Å². The van der Waals surface area contributed by atoms with Crippen LogP contribution in [0.3, 0.4) is 0 Å². The Kier molecular flexibility index (Phi) is 3.40. The molecule has 0 spiro atoms. The molecule has 0 unspecified atom stereocenters. The number of carbonyl (C=O) groups excluding carboxylic acids is 1. The molecule has 0 saturated heterocycles. The minimum atomic E-state index is -0.0435. The SMILES string of the molecule is Cn1nnc2cc(C(=O)NC3CCC(N)CC3)ccc21. The predicted octanol–water partition coefficient (Wildman–Crippen LogP) is 0.968. The van der Waals surface area contributed by atoms with Crippen LogP contribution in [0.4, 0.5) is 0 Å². The lowest BCUT2D eigenvalue weighted by atomic mass is 9.91. The maximum Gasteiger partial charge on any atom is 0.251 e. The quantitative estimate of drug-likeness (QED) is 0.853. The summed E-state index contributed by atoms with van der Waals surface area (Å²) in [7, 11) is 1.83. The Morgan fingerprint density at radius 1 is 1.35 bits per heavy atom. The first-order chi connectivity index (χ1) is 9.63. The first-order valence-electron chi connectivity index (χ1n) is 6.99. The monoisotopic (exact) mass is 273 g/mol. The van der Waals surface area contributed by atoms with Gasteiger partial charge in [-0.25, -0.2) is 4.68 Å². The number of nitrogens with two attached hydrogens (primary N) is 1. The van der Waals surface area contributed by atoms with Gasteiger partial charge in [-0.15, -0.1) is 5.10 Å². The van der Waals surface area contributed by atoms with Crippen molar-refractivity contribution in [2.75, 3.05) is 0 Å². The lowest BCUT2D eigenvalue weighted by Crippen LogP contribution is -2.40. The fourth-order valence-corrected chi connectivity index (χ4v) is 2.71. The highest BCUT2D eigenvalue weighted by Crippen LogP contribution is 2.18. The van der Waals surface area contributed by atoms with E-state index >= 15 is 0 Å². The van der Waals surface area contributed by atoms with Gasteiger partial charge >= 0.3 is 0 Å². The van der Waals surface area contributed by atoms with Crippen molar-refractivity contribution in [2.45, 2.75) is 37.8 Å². The number of rotatable bonds is 2. The standard InChI is InChI=1S/C14H19N5O/c1-19-13-7-2-9(8-12(13)17-18-19)14(20)16-11-5-3-10(15)4-6-11/h2,7-8,10-11H,3-6,15H2,1H3,(H,16,20). The molecule has 0 aliphatic heterocycles. The van der Waals surface area contributed by atoms with Gasteiger partial charge in [0.1, 0.15) is 5.52 Å². The fourth-order valence-electron chi connectivity index (χ4n) is 2.71. The van der Waals surface area contributed by atoms with E-state index in [1.807, 2.05) is 19.2 Å². The minimum Gasteiger partial charge on any atom is -0.349 e. The number of fused-ring (bicyclic) bond motifs is 1. The lowest BCUT2D eigenvalue weighted by Gasteiger charge is -2.26. The van der Waals surface area contributed by atoms with Crippen molar-refractivity contribution >= 4 is 16.9 Å². The molecule has 106 valence electrons. The summed E-state index contributed by atoms with van der Waals surface area (Å²) in [5.41, 5.74) is 8.17. The van der Waals surface area contributed by atoms with Crippen molar-refractivity contribution in [3.63, 3.8) is 0 Å². The molecule has 0 bridgehead atoms. The van der Waals surface area contributed by atoms with E-state index in [0.717, 1.165) is 36.7 Å². The fraction of sp³-hybridized carbons (Fsp3) is 0.500. The number of benzene rings is 1. The summed E-state index contributed by atoms with van der Waals surface area (Å²) in [4.78, 5) is 12.2. The number of hydrogen-bond donors (Lipinski definition) is 2. The van der Waals surface area contributed by atoms with E-state index in [0.29, 0.717) is 11.6 Å². The molecule has 3 N–H and O–H groups in total. The van der Waals surface area contributed by atoms with E-state index in [1.54, 1.807) is 10.7 Å². The van der Waals surface area contributed by atoms with E-state index < -0.39 is 0 Å². The first kappa shape index (κ1) is 13.1. The van der Waals surface area contributed by atoms with Crippen LogP contribution in [0.5, 0.6) is 0 Å². The number of aryl methyl sites for hydroxylation is 1. The summed E-state index contributed by atoms with van der Waals surface area (Å²) in [6.45, 7) is 0. The summed E-state index contributed by atoms with van der Waals surface area (Å²) in [6.07, 6.45) is 3.88. The Morgan fingerprint density at radius 2 is 2.10 bits per heavy atom. The molecule has 1 saturated carbocycles. The maximum absolute atomic E-state index is 12.2. The largest absolute Gasteiger partial charge is 0.349 e. The van der Waals surface area contributed by atoms with E-state index in [1.165, 1.54) is 0 Å². The Balaban J connectivity index is 1.72. The smallest absolute Gasteiger partial charge is 0.251 e. The molecular formula is C14H19N5O. The number of amides is 1. The molecule has 0 radical (unpaired) electrons. The van der Waals surface area contributed by atoms with Gasteiger partial charge in [0, 0.05) is 24.7 Å². The zero-order valence-corrected chi connectivity index (χ0v) is 11.5. The molecule has 2 aromatic rings. The number of hydrogen-bond acceptors (Lipinski definition) is 4. The second-order valence-corrected chi connectivity index (χ2v) is 5.50. The van der Waals surface area contributed by atoms with Gasteiger partial charge in [-0.3, -0.25) is 4.79 Å². The van der Waals surface area contributed by atoms with Crippen LogP contribution in [0.25, 0.3) is 11.0 Å². The van der Waals surface area contributed by atoms with E-state index in [4.69, 9.17) is 5.73 Å². The molecule has 0 atom stereocenters. The molecule has 1 aliphatic rings. The molecule has 1 amide bonds. The van der Waals surface area contributed by atoms with Crippen molar-refractivity contribution in [1.82, 2.24) is 20.3 Å². The molecule has 1 heterocycles. The summed E-state index contributed by atoms with van der Waals surface area (Å²) in [5, 5.41) is 11.1. The van der Waals surface area contributed by atoms with Crippen LogP contribution in [-0.2, 0) is 7.05 Å². The van der Waals surface area contributed by atoms with Gasteiger partial charge < -0.3 is 11.1 Å². The van der Waals surface area contributed by atoms with Gasteiger partial charge in [0.15, 0.2) is 0 Å². The van der Waals surface area contributed by atoms with Gasteiger partial charge in [0.25, 0.3) is 5.91 Å². The molecule has 1 aromatic heterocycles. The Hall–Kier alpha value is -1.95. The Bertz CT molecular complexity index is 628. The zero-order chi connectivity index (χ0) is 14.1.